The number of benzene rings is 1. The lowest BCUT2D eigenvalue weighted by Gasteiger charge is -2.27. The Morgan fingerprint density at radius 1 is 1.00 bits per heavy atom. The Bertz CT molecular complexity index is 805. The molecular weight excluding hydrogens is 334 g/mol. The van der Waals surface area contributed by atoms with Crippen molar-refractivity contribution in [3.8, 4) is 0 Å². The summed E-state index contributed by atoms with van der Waals surface area (Å²) >= 11 is 0. The first kappa shape index (κ1) is 17.9. The predicted octanol–water partition coefficient (Wildman–Crippen LogP) is 4.36. The molecule has 0 atom stereocenters. The fourth-order valence-electron chi connectivity index (χ4n) is 3.80. The van der Waals surface area contributed by atoms with E-state index < -0.39 is 0 Å². The van der Waals surface area contributed by atoms with Crippen LogP contribution in [0.1, 0.15) is 36.8 Å². The van der Waals surface area contributed by atoms with E-state index >= 15 is 0 Å². The first-order valence-electron chi connectivity index (χ1n) is 9.99. The molecule has 0 amide bonds. The Morgan fingerprint density at radius 2 is 1.89 bits per heavy atom. The van der Waals surface area contributed by atoms with E-state index in [9.17, 15) is 0 Å². The van der Waals surface area contributed by atoms with Crippen molar-refractivity contribution in [2.45, 2.75) is 25.7 Å². The number of pyridine rings is 1. The lowest BCUT2D eigenvalue weighted by molar-refractivity contribution is 0.124. The molecule has 4 heteroatoms. The van der Waals surface area contributed by atoms with Crippen LogP contribution in [0, 0.1) is 0 Å². The SMILES string of the molecule is C(=C1/CCCN=C1c1cccnc1)/c1cccc(N2CCCOCCC2)c1. The number of aliphatic imine (C=N–C) groups is 1. The van der Waals surface area contributed by atoms with Crippen LogP contribution >= 0.6 is 0 Å². The van der Waals surface area contributed by atoms with E-state index in [1.807, 2.05) is 18.5 Å². The van der Waals surface area contributed by atoms with Crippen LogP contribution in [-0.4, -0.2) is 43.5 Å². The summed E-state index contributed by atoms with van der Waals surface area (Å²) in [6.45, 7) is 4.75. The highest BCUT2D eigenvalue weighted by molar-refractivity contribution is 6.15. The summed E-state index contributed by atoms with van der Waals surface area (Å²) in [6, 6.07) is 13.0. The minimum atomic E-state index is 0.866. The van der Waals surface area contributed by atoms with Crippen molar-refractivity contribution in [2.75, 3.05) is 37.7 Å². The molecule has 0 bridgehead atoms. The standard InChI is InChI=1S/C23H27N3O/c1-6-19(17-22(9-1)26-12-4-14-27-15-5-13-26)16-20-7-3-11-25-23(20)21-8-2-10-24-18-21/h1-2,6,8-10,16-18H,3-5,7,11-15H2/b20-16+. The first-order valence-corrected chi connectivity index (χ1v) is 9.99. The molecule has 2 aromatic rings. The molecule has 0 saturated carbocycles. The van der Waals surface area contributed by atoms with Crippen molar-refractivity contribution in [1.82, 2.24) is 4.98 Å². The average Bonchev–Trinajstić information content (AvgIpc) is 2.69. The number of anilines is 1. The molecular formula is C23H27N3O. The molecule has 1 aromatic carbocycles. The van der Waals surface area contributed by atoms with E-state index in [1.165, 1.54) is 16.8 Å². The fourth-order valence-corrected chi connectivity index (χ4v) is 3.80. The van der Waals surface area contributed by atoms with Crippen molar-refractivity contribution in [3.63, 3.8) is 0 Å². The predicted molar refractivity (Wildman–Crippen MR) is 112 cm³/mol. The Hall–Kier alpha value is -2.46. The molecule has 2 aliphatic heterocycles. The number of rotatable bonds is 3. The summed E-state index contributed by atoms with van der Waals surface area (Å²) in [5.74, 6) is 0. The third-order valence-electron chi connectivity index (χ3n) is 5.12. The molecule has 4 nitrogen and oxygen atoms in total. The molecule has 0 spiro atoms. The number of ether oxygens (including phenoxy) is 1. The highest BCUT2D eigenvalue weighted by Gasteiger charge is 2.15. The third-order valence-corrected chi connectivity index (χ3v) is 5.12. The molecule has 1 saturated heterocycles. The molecule has 27 heavy (non-hydrogen) atoms. The van der Waals surface area contributed by atoms with Gasteiger partial charge in [0.25, 0.3) is 0 Å². The highest BCUT2D eigenvalue weighted by Crippen LogP contribution is 2.24. The molecule has 3 heterocycles. The molecule has 0 unspecified atom stereocenters. The summed E-state index contributed by atoms with van der Waals surface area (Å²) < 4.78 is 5.58. The molecule has 0 aliphatic carbocycles. The van der Waals surface area contributed by atoms with Gasteiger partial charge < -0.3 is 9.64 Å². The van der Waals surface area contributed by atoms with Crippen LogP contribution in [0.4, 0.5) is 5.69 Å². The quantitative estimate of drug-likeness (QED) is 0.815. The van der Waals surface area contributed by atoms with Crippen LogP contribution in [0.15, 0.2) is 59.4 Å². The van der Waals surface area contributed by atoms with Crippen LogP contribution < -0.4 is 4.90 Å². The highest BCUT2D eigenvalue weighted by atomic mass is 16.5. The molecule has 140 valence electrons. The van der Waals surface area contributed by atoms with Gasteiger partial charge in [0, 0.05) is 56.5 Å². The minimum absolute atomic E-state index is 0.866. The van der Waals surface area contributed by atoms with Crippen molar-refractivity contribution >= 4 is 17.5 Å². The zero-order valence-corrected chi connectivity index (χ0v) is 15.8. The van der Waals surface area contributed by atoms with E-state index in [0.717, 1.165) is 69.8 Å². The molecule has 0 N–H and O–H groups in total. The van der Waals surface area contributed by atoms with Gasteiger partial charge in [0.05, 0.1) is 5.71 Å². The summed E-state index contributed by atoms with van der Waals surface area (Å²) in [5, 5.41) is 0. The molecule has 0 radical (unpaired) electrons. The van der Waals surface area contributed by atoms with Gasteiger partial charge in [-0.05, 0) is 67.2 Å². The molecule has 1 fully saturated rings. The van der Waals surface area contributed by atoms with Crippen LogP contribution in [-0.2, 0) is 4.74 Å². The number of nitrogens with zero attached hydrogens (tertiary/aromatic N) is 3. The second kappa shape index (κ2) is 8.96. The summed E-state index contributed by atoms with van der Waals surface area (Å²) in [7, 11) is 0. The number of hydrogen-bond donors (Lipinski definition) is 0. The van der Waals surface area contributed by atoms with Crippen molar-refractivity contribution in [1.29, 1.82) is 0 Å². The third kappa shape index (κ3) is 4.64. The number of hydrogen-bond acceptors (Lipinski definition) is 4. The van der Waals surface area contributed by atoms with Gasteiger partial charge in [0.15, 0.2) is 0 Å². The van der Waals surface area contributed by atoms with Gasteiger partial charge in [-0.2, -0.15) is 0 Å². The van der Waals surface area contributed by atoms with E-state index in [0.29, 0.717) is 0 Å². The second-order valence-electron chi connectivity index (χ2n) is 7.15. The normalized spacial score (nSPS) is 20.1. The molecule has 2 aliphatic rings. The zero-order valence-electron chi connectivity index (χ0n) is 15.8. The smallest absolute Gasteiger partial charge is 0.0694 e. The van der Waals surface area contributed by atoms with Gasteiger partial charge in [-0.3, -0.25) is 9.98 Å². The Balaban J connectivity index is 1.59. The van der Waals surface area contributed by atoms with Crippen molar-refractivity contribution in [3.05, 3.63) is 65.5 Å². The maximum absolute atomic E-state index is 5.58. The first-order chi connectivity index (χ1) is 13.4. The van der Waals surface area contributed by atoms with E-state index in [4.69, 9.17) is 9.73 Å². The average molecular weight is 361 g/mol. The van der Waals surface area contributed by atoms with Crippen molar-refractivity contribution < 1.29 is 4.74 Å². The Morgan fingerprint density at radius 3 is 2.70 bits per heavy atom. The van der Waals surface area contributed by atoms with Gasteiger partial charge in [-0.25, -0.2) is 0 Å². The van der Waals surface area contributed by atoms with Gasteiger partial charge in [0.1, 0.15) is 0 Å². The van der Waals surface area contributed by atoms with E-state index in [1.54, 1.807) is 0 Å². The fraction of sp³-hybridized carbons (Fsp3) is 0.391. The summed E-state index contributed by atoms with van der Waals surface area (Å²) in [4.78, 5) is 11.6. The monoisotopic (exact) mass is 361 g/mol. The minimum Gasteiger partial charge on any atom is -0.381 e. The lowest BCUT2D eigenvalue weighted by atomic mass is 9.95. The van der Waals surface area contributed by atoms with Crippen LogP contribution in [0.2, 0.25) is 0 Å². The van der Waals surface area contributed by atoms with Crippen LogP contribution in [0.3, 0.4) is 0 Å². The largest absolute Gasteiger partial charge is 0.381 e. The Kier molecular flexibility index (Phi) is 5.95. The van der Waals surface area contributed by atoms with Gasteiger partial charge >= 0.3 is 0 Å². The van der Waals surface area contributed by atoms with Crippen molar-refractivity contribution in [2.24, 2.45) is 4.99 Å². The van der Waals surface area contributed by atoms with Crippen LogP contribution in [0.25, 0.3) is 6.08 Å². The van der Waals surface area contributed by atoms with Gasteiger partial charge in [-0.1, -0.05) is 12.1 Å². The van der Waals surface area contributed by atoms with E-state index in [-0.39, 0.29) is 0 Å². The summed E-state index contributed by atoms with van der Waals surface area (Å²) in [6.07, 6.45) is 10.4. The van der Waals surface area contributed by atoms with Gasteiger partial charge in [-0.15, -0.1) is 0 Å². The molecule has 1 aromatic heterocycles. The lowest BCUT2D eigenvalue weighted by Crippen LogP contribution is -2.29. The Labute approximate surface area is 161 Å². The molecule has 4 rings (SSSR count). The summed E-state index contributed by atoms with van der Waals surface area (Å²) in [5.41, 5.74) is 6.08. The topological polar surface area (TPSA) is 37.7 Å². The van der Waals surface area contributed by atoms with Gasteiger partial charge in [0.2, 0.25) is 0 Å². The maximum Gasteiger partial charge on any atom is 0.0694 e. The second-order valence-corrected chi connectivity index (χ2v) is 7.15. The van der Waals surface area contributed by atoms with E-state index in [2.05, 4.69) is 46.3 Å². The maximum atomic E-state index is 5.58. The number of allylic oxidation sites excluding steroid dienone is 1. The zero-order chi connectivity index (χ0) is 18.3. The van der Waals surface area contributed by atoms with Crippen LogP contribution in [0.5, 0.6) is 0 Å². The number of aromatic nitrogens is 1.